The van der Waals surface area contributed by atoms with Crippen LogP contribution in [0, 0.1) is 12.7 Å². The third-order valence-corrected chi connectivity index (χ3v) is 5.12. The maximum absolute atomic E-state index is 13.6. The molecular weight excluding hydrogens is 367 g/mol. The standard InChI is InChI=1S/C19H13FN4O2S/c1-11-8-15(19-22-6-7-26-19)27-17(11)12-2-3-16(23-9-12)24-18(25)13-4-5-21-10-14(13)20/h2-10H,1H3,(H,23,24,25). The Bertz CT molecular complexity index is 1090. The first-order valence-electron chi connectivity index (χ1n) is 7.99. The van der Waals surface area contributed by atoms with Crippen LogP contribution in [0.2, 0.25) is 0 Å². The Labute approximate surface area is 157 Å². The van der Waals surface area contributed by atoms with Crippen molar-refractivity contribution in [1.82, 2.24) is 15.0 Å². The van der Waals surface area contributed by atoms with Gasteiger partial charge in [-0.25, -0.2) is 14.4 Å². The second-order valence-electron chi connectivity index (χ2n) is 5.70. The Morgan fingerprint density at radius 2 is 2.07 bits per heavy atom. The molecule has 27 heavy (non-hydrogen) atoms. The summed E-state index contributed by atoms with van der Waals surface area (Å²) in [4.78, 5) is 26.2. The summed E-state index contributed by atoms with van der Waals surface area (Å²) in [5, 5.41) is 2.58. The van der Waals surface area contributed by atoms with E-state index in [0.717, 1.165) is 27.1 Å². The van der Waals surface area contributed by atoms with Crippen molar-refractivity contribution >= 4 is 23.1 Å². The van der Waals surface area contributed by atoms with Gasteiger partial charge in [-0.05, 0) is 36.8 Å². The average molecular weight is 380 g/mol. The van der Waals surface area contributed by atoms with E-state index in [1.165, 1.54) is 18.5 Å². The van der Waals surface area contributed by atoms with Crippen molar-refractivity contribution in [3.8, 4) is 21.2 Å². The maximum atomic E-state index is 13.6. The van der Waals surface area contributed by atoms with Crippen LogP contribution in [0.1, 0.15) is 15.9 Å². The van der Waals surface area contributed by atoms with E-state index in [-0.39, 0.29) is 5.56 Å². The average Bonchev–Trinajstić information content (AvgIpc) is 3.32. The van der Waals surface area contributed by atoms with Gasteiger partial charge in [0.05, 0.1) is 22.8 Å². The molecule has 0 aliphatic heterocycles. The van der Waals surface area contributed by atoms with E-state index < -0.39 is 11.7 Å². The van der Waals surface area contributed by atoms with Gasteiger partial charge in [0.2, 0.25) is 5.89 Å². The molecule has 0 spiro atoms. The van der Waals surface area contributed by atoms with E-state index in [1.54, 1.807) is 29.8 Å². The molecule has 1 amide bonds. The van der Waals surface area contributed by atoms with Gasteiger partial charge in [0.1, 0.15) is 12.1 Å². The fourth-order valence-corrected chi connectivity index (χ4v) is 3.67. The highest BCUT2D eigenvalue weighted by Gasteiger charge is 2.14. The molecule has 0 saturated carbocycles. The zero-order valence-corrected chi connectivity index (χ0v) is 15.0. The van der Waals surface area contributed by atoms with Crippen LogP contribution in [0.4, 0.5) is 10.2 Å². The Hall–Kier alpha value is -3.39. The van der Waals surface area contributed by atoms with Crippen LogP contribution >= 0.6 is 11.3 Å². The monoisotopic (exact) mass is 380 g/mol. The molecular formula is C19H13FN4O2S. The summed E-state index contributed by atoms with van der Waals surface area (Å²) in [7, 11) is 0. The molecule has 6 nitrogen and oxygen atoms in total. The quantitative estimate of drug-likeness (QED) is 0.561. The van der Waals surface area contributed by atoms with Gasteiger partial charge in [-0.15, -0.1) is 11.3 Å². The first-order valence-corrected chi connectivity index (χ1v) is 8.81. The van der Waals surface area contributed by atoms with Crippen LogP contribution in [0.15, 0.2) is 59.7 Å². The molecule has 0 unspecified atom stereocenters. The van der Waals surface area contributed by atoms with Crippen LogP contribution in [0.5, 0.6) is 0 Å². The maximum Gasteiger partial charge on any atom is 0.259 e. The lowest BCUT2D eigenvalue weighted by molar-refractivity contribution is 0.102. The number of carbonyl (C=O) groups excluding carboxylic acids is 1. The van der Waals surface area contributed by atoms with Crippen LogP contribution < -0.4 is 5.32 Å². The third kappa shape index (κ3) is 3.47. The van der Waals surface area contributed by atoms with Gasteiger partial charge in [-0.2, -0.15) is 0 Å². The lowest BCUT2D eigenvalue weighted by Crippen LogP contribution is -2.14. The molecule has 8 heteroatoms. The molecule has 0 aliphatic rings. The summed E-state index contributed by atoms with van der Waals surface area (Å²) in [6, 6.07) is 6.85. The van der Waals surface area contributed by atoms with Crippen molar-refractivity contribution in [1.29, 1.82) is 0 Å². The number of rotatable bonds is 4. The zero-order valence-electron chi connectivity index (χ0n) is 14.1. The highest BCUT2D eigenvalue weighted by Crippen LogP contribution is 2.37. The first-order chi connectivity index (χ1) is 13.1. The number of oxazole rings is 1. The lowest BCUT2D eigenvalue weighted by atomic mass is 10.1. The normalized spacial score (nSPS) is 10.7. The van der Waals surface area contributed by atoms with Gasteiger partial charge in [0.15, 0.2) is 5.82 Å². The Morgan fingerprint density at radius 3 is 2.78 bits per heavy atom. The van der Waals surface area contributed by atoms with Crippen LogP contribution in [-0.2, 0) is 0 Å². The minimum absolute atomic E-state index is 0.0828. The summed E-state index contributed by atoms with van der Waals surface area (Å²) < 4.78 is 19.0. The molecule has 4 rings (SSSR count). The van der Waals surface area contributed by atoms with E-state index in [2.05, 4.69) is 20.3 Å². The summed E-state index contributed by atoms with van der Waals surface area (Å²) in [6.07, 6.45) is 7.16. The summed E-state index contributed by atoms with van der Waals surface area (Å²) in [6.45, 7) is 2.00. The van der Waals surface area contributed by atoms with Gasteiger partial charge in [-0.1, -0.05) is 0 Å². The van der Waals surface area contributed by atoms with Gasteiger partial charge in [0, 0.05) is 22.8 Å². The Balaban J connectivity index is 1.55. The molecule has 0 fully saturated rings. The molecule has 0 atom stereocenters. The second-order valence-corrected chi connectivity index (χ2v) is 6.75. The number of thiophene rings is 1. The molecule has 0 bridgehead atoms. The number of hydrogen-bond donors (Lipinski definition) is 1. The smallest absolute Gasteiger partial charge is 0.259 e. The number of nitrogens with zero attached hydrogens (tertiary/aromatic N) is 3. The minimum Gasteiger partial charge on any atom is -0.444 e. The lowest BCUT2D eigenvalue weighted by Gasteiger charge is -2.06. The fraction of sp³-hybridized carbons (Fsp3) is 0.0526. The van der Waals surface area contributed by atoms with Crippen LogP contribution in [0.25, 0.3) is 21.2 Å². The number of hydrogen-bond acceptors (Lipinski definition) is 6. The summed E-state index contributed by atoms with van der Waals surface area (Å²) >= 11 is 1.55. The first kappa shape index (κ1) is 17.0. The molecule has 4 aromatic heterocycles. The number of nitrogens with one attached hydrogen (secondary N) is 1. The van der Waals surface area contributed by atoms with Crippen molar-refractivity contribution in [2.24, 2.45) is 0 Å². The molecule has 0 aliphatic carbocycles. The molecule has 0 radical (unpaired) electrons. The van der Waals surface area contributed by atoms with E-state index >= 15 is 0 Å². The summed E-state index contributed by atoms with van der Waals surface area (Å²) in [5.74, 6) is -0.346. The Morgan fingerprint density at radius 1 is 1.19 bits per heavy atom. The summed E-state index contributed by atoms with van der Waals surface area (Å²) in [5.41, 5.74) is 1.90. The number of amides is 1. The highest BCUT2D eigenvalue weighted by atomic mass is 32.1. The van der Waals surface area contributed by atoms with E-state index in [1.807, 2.05) is 19.1 Å². The molecule has 0 saturated heterocycles. The van der Waals surface area contributed by atoms with Gasteiger partial charge >= 0.3 is 0 Å². The zero-order chi connectivity index (χ0) is 18.8. The minimum atomic E-state index is -0.681. The van der Waals surface area contributed by atoms with Crippen molar-refractivity contribution in [2.75, 3.05) is 5.32 Å². The van der Waals surface area contributed by atoms with Crippen molar-refractivity contribution < 1.29 is 13.6 Å². The number of aromatic nitrogens is 3. The molecule has 0 aromatic carbocycles. The largest absolute Gasteiger partial charge is 0.444 e. The topological polar surface area (TPSA) is 80.9 Å². The number of carbonyl (C=O) groups is 1. The van der Waals surface area contributed by atoms with Crippen molar-refractivity contribution in [2.45, 2.75) is 6.92 Å². The SMILES string of the molecule is Cc1cc(-c2ncco2)sc1-c1ccc(NC(=O)c2ccncc2F)nc1. The number of anilines is 1. The van der Waals surface area contributed by atoms with E-state index in [0.29, 0.717) is 11.7 Å². The number of pyridine rings is 2. The molecule has 1 N–H and O–H groups in total. The van der Waals surface area contributed by atoms with E-state index in [9.17, 15) is 9.18 Å². The second kappa shape index (κ2) is 7.08. The molecule has 4 aromatic rings. The fourth-order valence-electron chi connectivity index (χ4n) is 2.56. The van der Waals surface area contributed by atoms with Crippen LogP contribution in [-0.4, -0.2) is 20.9 Å². The van der Waals surface area contributed by atoms with Gasteiger partial charge in [-0.3, -0.25) is 9.78 Å². The predicted molar refractivity (Wildman–Crippen MR) is 99.9 cm³/mol. The number of aryl methyl sites for hydroxylation is 1. The third-order valence-electron chi connectivity index (χ3n) is 3.85. The van der Waals surface area contributed by atoms with Gasteiger partial charge in [0.25, 0.3) is 5.91 Å². The predicted octanol–water partition coefficient (Wildman–Crippen LogP) is 4.56. The molecule has 4 heterocycles. The highest BCUT2D eigenvalue weighted by molar-refractivity contribution is 7.19. The van der Waals surface area contributed by atoms with Crippen molar-refractivity contribution in [3.63, 3.8) is 0 Å². The number of halogens is 1. The Kier molecular flexibility index (Phi) is 4.47. The molecule has 134 valence electrons. The van der Waals surface area contributed by atoms with Crippen molar-refractivity contribution in [3.05, 3.63) is 72.3 Å². The van der Waals surface area contributed by atoms with Crippen LogP contribution in [0.3, 0.4) is 0 Å². The van der Waals surface area contributed by atoms with E-state index in [4.69, 9.17) is 4.42 Å². The van der Waals surface area contributed by atoms with Gasteiger partial charge < -0.3 is 9.73 Å².